The summed E-state index contributed by atoms with van der Waals surface area (Å²) in [6.07, 6.45) is 2.05. The summed E-state index contributed by atoms with van der Waals surface area (Å²) in [4.78, 5) is 13.3. The van der Waals surface area contributed by atoms with E-state index in [0.717, 1.165) is 17.0 Å². The molecule has 1 N–H and O–H groups in total. The van der Waals surface area contributed by atoms with Crippen molar-refractivity contribution < 1.29 is 23.4 Å². The number of carbonyl (C=O) groups is 1. The van der Waals surface area contributed by atoms with Crippen LogP contribution >= 0.6 is 0 Å². The molecule has 2 aliphatic rings. The van der Waals surface area contributed by atoms with E-state index in [0.29, 0.717) is 38.8 Å². The summed E-state index contributed by atoms with van der Waals surface area (Å²) >= 11 is 0. The Balaban J connectivity index is 1.81. The highest BCUT2D eigenvalue weighted by molar-refractivity contribution is 5.70. The fourth-order valence-corrected chi connectivity index (χ4v) is 3.99. The van der Waals surface area contributed by atoms with Crippen molar-refractivity contribution in [2.45, 2.75) is 50.4 Å². The number of nitrogens with zero attached hydrogens (tertiary/aromatic N) is 1. The van der Waals surface area contributed by atoms with Crippen molar-refractivity contribution in [3.8, 4) is 5.75 Å². The Morgan fingerprint density at radius 3 is 2.40 bits per heavy atom. The van der Waals surface area contributed by atoms with E-state index in [1.54, 1.807) is 7.11 Å². The van der Waals surface area contributed by atoms with Gasteiger partial charge in [-0.1, -0.05) is 6.07 Å². The molecular weight excluding hydrogens is 328 g/mol. The third kappa shape index (κ3) is 4.05. The molecule has 6 heteroatoms. The molecule has 0 unspecified atom stereocenters. The molecule has 1 heterocycles. The topological polar surface area (TPSA) is 49.8 Å². The van der Waals surface area contributed by atoms with Gasteiger partial charge in [-0.3, -0.25) is 4.79 Å². The third-order valence-corrected chi connectivity index (χ3v) is 5.58. The van der Waals surface area contributed by atoms with E-state index < -0.39 is 11.9 Å². The maximum absolute atomic E-state index is 13.5. The summed E-state index contributed by atoms with van der Waals surface area (Å²) in [6, 6.07) is 5.84. The lowest BCUT2D eigenvalue weighted by molar-refractivity contribution is -0.142. The Hall–Kier alpha value is -1.85. The number of anilines is 1. The zero-order chi connectivity index (χ0) is 18.0. The van der Waals surface area contributed by atoms with Gasteiger partial charge in [-0.2, -0.15) is 0 Å². The van der Waals surface area contributed by atoms with E-state index in [9.17, 15) is 18.7 Å². The quantitative estimate of drug-likeness (QED) is 0.877. The maximum atomic E-state index is 13.5. The lowest BCUT2D eigenvalue weighted by Crippen LogP contribution is -2.37. The number of benzene rings is 1. The number of methoxy groups -OCH3 is 1. The van der Waals surface area contributed by atoms with Gasteiger partial charge in [0.05, 0.1) is 13.0 Å². The van der Waals surface area contributed by atoms with Gasteiger partial charge in [0.15, 0.2) is 0 Å². The van der Waals surface area contributed by atoms with Gasteiger partial charge in [-0.25, -0.2) is 8.78 Å². The van der Waals surface area contributed by atoms with Crippen molar-refractivity contribution in [3.63, 3.8) is 0 Å². The summed E-state index contributed by atoms with van der Waals surface area (Å²) in [5.41, 5.74) is 2.10. The second-order valence-electron chi connectivity index (χ2n) is 7.15. The fraction of sp³-hybridized carbons (Fsp3) is 0.632. The van der Waals surface area contributed by atoms with Crippen molar-refractivity contribution in [3.05, 3.63) is 23.8 Å². The van der Waals surface area contributed by atoms with Crippen LogP contribution in [0.25, 0.3) is 0 Å². The fourth-order valence-electron chi connectivity index (χ4n) is 3.99. The second-order valence-corrected chi connectivity index (χ2v) is 7.15. The van der Waals surface area contributed by atoms with E-state index in [2.05, 4.69) is 4.90 Å². The highest BCUT2D eigenvalue weighted by atomic mass is 19.3. The Labute approximate surface area is 146 Å². The summed E-state index contributed by atoms with van der Waals surface area (Å²) in [6.45, 7) is 1.33. The van der Waals surface area contributed by atoms with Crippen LogP contribution in [0.15, 0.2) is 18.2 Å². The lowest BCUT2D eigenvalue weighted by atomic mass is 9.81. The standard InChI is InChI=1S/C19H25F2NO3/c1-25-15-2-3-16(13-4-8-19(20,21)9-5-13)17(12-15)22-10-6-14(7-11-22)18(23)24/h2-3,12-14H,4-11H2,1H3,(H,23,24). The van der Waals surface area contributed by atoms with Gasteiger partial charge in [0.1, 0.15) is 5.75 Å². The monoisotopic (exact) mass is 353 g/mol. The minimum absolute atomic E-state index is 0.0653. The summed E-state index contributed by atoms with van der Waals surface area (Å²) in [5.74, 6) is -2.71. The SMILES string of the molecule is COc1ccc(C2CCC(F)(F)CC2)c(N2CCC(C(=O)O)CC2)c1. The van der Waals surface area contributed by atoms with Crippen LogP contribution in [0, 0.1) is 5.92 Å². The molecule has 4 nitrogen and oxygen atoms in total. The predicted octanol–water partition coefficient (Wildman–Crippen LogP) is 4.29. The molecule has 1 aromatic rings. The highest BCUT2D eigenvalue weighted by Gasteiger charge is 2.36. The van der Waals surface area contributed by atoms with E-state index >= 15 is 0 Å². The second kappa shape index (κ2) is 7.18. The van der Waals surface area contributed by atoms with Crippen molar-refractivity contribution in [1.82, 2.24) is 0 Å². The van der Waals surface area contributed by atoms with Crippen LogP contribution in [0.3, 0.4) is 0 Å². The number of hydrogen-bond acceptors (Lipinski definition) is 3. The minimum Gasteiger partial charge on any atom is -0.497 e. The first kappa shape index (κ1) is 18.0. The Morgan fingerprint density at radius 2 is 1.84 bits per heavy atom. The van der Waals surface area contributed by atoms with Crippen LogP contribution in [-0.4, -0.2) is 37.2 Å². The molecule has 1 saturated carbocycles. The molecule has 138 valence electrons. The number of halogens is 2. The van der Waals surface area contributed by atoms with E-state index in [1.165, 1.54) is 0 Å². The Bertz CT molecular complexity index is 617. The molecule has 0 radical (unpaired) electrons. The largest absolute Gasteiger partial charge is 0.497 e. The number of ether oxygens (including phenoxy) is 1. The first-order valence-corrected chi connectivity index (χ1v) is 8.93. The smallest absolute Gasteiger partial charge is 0.306 e. The average Bonchev–Trinajstić information content (AvgIpc) is 2.61. The van der Waals surface area contributed by atoms with Gasteiger partial charge in [-0.15, -0.1) is 0 Å². The number of carboxylic acids is 1. The van der Waals surface area contributed by atoms with Crippen LogP contribution in [0.2, 0.25) is 0 Å². The molecule has 0 bridgehead atoms. The summed E-state index contributed by atoms with van der Waals surface area (Å²) in [5, 5.41) is 9.18. The van der Waals surface area contributed by atoms with Crippen LogP contribution in [0.5, 0.6) is 5.75 Å². The normalized spacial score (nSPS) is 22.0. The van der Waals surface area contributed by atoms with Crippen molar-refractivity contribution in [2.75, 3.05) is 25.1 Å². The number of carboxylic acid groups (broad SMARTS) is 1. The van der Waals surface area contributed by atoms with E-state index in [1.807, 2.05) is 18.2 Å². The van der Waals surface area contributed by atoms with Crippen molar-refractivity contribution in [2.24, 2.45) is 5.92 Å². The number of alkyl halides is 2. The zero-order valence-corrected chi connectivity index (χ0v) is 14.5. The van der Waals surface area contributed by atoms with Crippen molar-refractivity contribution in [1.29, 1.82) is 0 Å². The molecule has 3 rings (SSSR count). The van der Waals surface area contributed by atoms with Gasteiger partial charge in [0.2, 0.25) is 5.92 Å². The Kier molecular flexibility index (Phi) is 5.16. The van der Waals surface area contributed by atoms with Crippen LogP contribution in [0.4, 0.5) is 14.5 Å². The van der Waals surface area contributed by atoms with Crippen LogP contribution < -0.4 is 9.64 Å². The maximum Gasteiger partial charge on any atom is 0.306 e. The number of hydrogen-bond donors (Lipinski definition) is 1. The van der Waals surface area contributed by atoms with Gasteiger partial charge in [0.25, 0.3) is 0 Å². The average molecular weight is 353 g/mol. The molecule has 1 aliphatic carbocycles. The molecule has 0 amide bonds. The number of rotatable bonds is 4. The molecule has 0 spiro atoms. The highest BCUT2D eigenvalue weighted by Crippen LogP contribution is 2.44. The molecule has 0 atom stereocenters. The first-order chi connectivity index (χ1) is 11.9. The van der Waals surface area contributed by atoms with Gasteiger partial charge < -0.3 is 14.7 Å². The molecular formula is C19H25F2NO3. The molecule has 1 aliphatic heterocycles. The van der Waals surface area contributed by atoms with Crippen LogP contribution in [0.1, 0.15) is 50.0 Å². The van der Waals surface area contributed by atoms with Gasteiger partial charge in [0, 0.05) is 37.7 Å². The summed E-state index contributed by atoms with van der Waals surface area (Å²) in [7, 11) is 1.61. The third-order valence-electron chi connectivity index (χ3n) is 5.58. The molecule has 0 aromatic heterocycles. The zero-order valence-electron chi connectivity index (χ0n) is 14.5. The van der Waals surface area contributed by atoms with Crippen LogP contribution in [-0.2, 0) is 4.79 Å². The molecule has 2 fully saturated rings. The molecule has 25 heavy (non-hydrogen) atoms. The summed E-state index contributed by atoms with van der Waals surface area (Å²) < 4.78 is 32.3. The molecule has 1 aromatic carbocycles. The molecule has 1 saturated heterocycles. The number of aliphatic carboxylic acids is 1. The number of piperidine rings is 1. The van der Waals surface area contributed by atoms with Gasteiger partial charge >= 0.3 is 5.97 Å². The van der Waals surface area contributed by atoms with Crippen molar-refractivity contribution >= 4 is 11.7 Å². The van der Waals surface area contributed by atoms with E-state index in [-0.39, 0.29) is 24.7 Å². The lowest BCUT2D eigenvalue weighted by Gasteiger charge is -2.36. The first-order valence-electron chi connectivity index (χ1n) is 8.93. The Morgan fingerprint density at radius 1 is 1.20 bits per heavy atom. The minimum atomic E-state index is -2.54. The van der Waals surface area contributed by atoms with E-state index in [4.69, 9.17) is 4.74 Å². The van der Waals surface area contributed by atoms with Gasteiger partial charge in [-0.05, 0) is 43.2 Å². The predicted molar refractivity (Wildman–Crippen MR) is 91.7 cm³/mol.